The van der Waals surface area contributed by atoms with E-state index < -0.39 is 0 Å². The summed E-state index contributed by atoms with van der Waals surface area (Å²) >= 11 is 0. The Morgan fingerprint density at radius 1 is 0.792 bits per heavy atom. The first-order valence-electron chi connectivity index (χ1n) is 7.40. The van der Waals surface area contributed by atoms with Crippen LogP contribution in [0.2, 0.25) is 0 Å². The highest BCUT2D eigenvalue weighted by atomic mass is 16.5. The van der Waals surface area contributed by atoms with E-state index in [1.54, 1.807) is 73.1 Å². The van der Waals surface area contributed by atoms with Gasteiger partial charge in [0.25, 0.3) is 11.8 Å². The first-order chi connectivity index (χ1) is 11.8. The Kier molecular flexibility index (Phi) is 3.31. The topological polar surface area (TPSA) is 59.5 Å². The summed E-state index contributed by atoms with van der Waals surface area (Å²) in [6, 6.07) is 17.2. The van der Waals surface area contributed by atoms with E-state index in [4.69, 9.17) is 4.74 Å². The minimum absolute atomic E-state index is 0.349. The van der Waals surface area contributed by atoms with Crippen LogP contribution in [-0.2, 0) is 0 Å². The number of amides is 2. The third kappa shape index (κ3) is 2.23. The van der Waals surface area contributed by atoms with E-state index in [0.717, 1.165) is 4.90 Å². The zero-order valence-corrected chi connectivity index (χ0v) is 12.5. The second-order valence-electron chi connectivity index (χ2n) is 5.25. The Bertz CT molecular complexity index is 903. The fourth-order valence-corrected chi connectivity index (χ4v) is 2.67. The van der Waals surface area contributed by atoms with Crippen LogP contribution in [0.15, 0.2) is 73.1 Å². The van der Waals surface area contributed by atoms with E-state index in [-0.39, 0.29) is 11.8 Å². The number of aromatic nitrogens is 1. The van der Waals surface area contributed by atoms with Crippen molar-refractivity contribution >= 4 is 17.5 Å². The van der Waals surface area contributed by atoms with Gasteiger partial charge in [0.15, 0.2) is 5.75 Å². The maximum absolute atomic E-state index is 12.6. The molecule has 5 heteroatoms. The van der Waals surface area contributed by atoms with Crippen LogP contribution in [0.5, 0.6) is 11.5 Å². The Labute approximate surface area is 138 Å². The molecule has 0 atom stereocenters. The van der Waals surface area contributed by atoms with Gasteiger partial charge in [-0.05, 0) is 36.4 Å². The van der Waals surface area contributed by atoms with Crippen molar-refractivity contribution in [1.82, 2.24) is 4.98 Å². The van der Waals surface area contributed by atoms with Crippen molar-refractivity contribution in [2.45, 2.75) is 0 Å². The molecular formula is C19H12N2O3. The van der Waals surface area contributed by atoms with Crippen LogP contribution in [-0.4, -0.2) is 16.8 Å². The van der Waals surface area contributed by atoms with Gasteiger partial charge in [-0.3, -0.25) is 14.6 Å². The Morgan fingerprint density at radius 2 is 1.46 bits per heavy atom. The van der Waals surface area contributed by atoms with Crippen LogP contribution in [0.25, 0.3) is 0 Å². The van der Waals surface area contributed by atoms with E-state index in [9.17, 15) is 9.59 Å². The molecule has 0 saturated heterocycles. The summed E-state index contributed by atoms with van der Waals surface area (Å²) in [4.78, 5) is 30.4. The number of carbonyl (C=O) groups excluding carboxylic acids is 2. The van der Waals surface area contributed by atoms with Gasteiger partial charge in [-0.15, -0.1) is 0 Å². The van der Waals surface area contributed by atoms with E-state index in [0.29, 0.717) is 28.3 Å². The lowest BCUT2D eigenvalue weighted by atomic mass is 10.1. The normalized spacial score (nSPS) is 13.1. The molecule has 0 saturated carbocycles. The average Bonchev–Trinajstić information content (AvgIpc) is 2.88. The average molecular weight is 316 g/mol. The van der Waals surface area contributed by atoms with Gasteiger partial charge < -0.3 is 4.74 Å². The van der Waals surface area contributed by atoms with E-state index in [2.05, 4.69) is 4.98 Å². The molecule has 0 N–H and O–H groups in total. The molecule has 4 rings (SSSR count). The molecule has 2 amide bonds. The molecule has 0 spiro atoms. The molecule has 0 unspecified atom stereocenters. The van der Waals surface area contributed by atoms with Gasteiger partial charge in [-0.1, -0.05) is 24.3 Å². The van der Waals surface area contributed by atoms with Crippen molar-refractivity contribution in [3.05, 3.63) is 84.2 Å². The summed E-state index contributed by atoms with van der Waals surface area (Å²) in [5.74, 6) is 0.247. The quantitative estimate of drug-likeness (QED) is 0.692. The smallest absolute Gasteiger partial charge is 0.266 e. The maximum atomic E-state index is 12.6. The maximum Gasteiger partial charge on any atom is 0.266 e. The molecule has 0 bridgehead atoms. The number of anilines is 1. The van der Waals surface area contributed by atoms with Gasteiger partial charge >= 0.3 is 0 Å². The highest BCUT2D eigenvalue weighted by Crippen LogP contribution is 2.36. The molecule has 3 aromatic rings. The SMILES string of the molecule is O=C1c2ccccc2C(=O)N1c1ccccc1Oc1cccnc1. The predicted octanol–water partition coefficient (Wildman–Crippen LogP) is 3.67. The third-order valence-electron chi connectivity index (χ3n) is 3.76. The number of fused-ring (bicyclic) bond motifs is 1. The fourth-order valence-electron chi connectivity index (χ4n) is 2.67. The van der Waals surface area contributed by atoms with Gasteiger partial charge in [0.1, 0.15) is 5.75 Å². The van der Waals surface area contributed by atoms with Crippen molar-refractivity contribution in [2.75, 3.05) is 4.90 Å². The third-order valence-corrected chi connectivity index (χ3v) is 3.76. The van der Waals surface area contributed by atoms with Gasteiger partial charge in [0.05, 0.1) is 23.0 Å². The van der Waals surface area contributed by atoms with Crippen LogP contribution in [0.4, 0.5) is 5.69 Å². The molecule has 1 aromatic heterocycles. The van der Waals surface area contributed by atoms with Crippen LogP contribution in [0, 0.1) is 0 Å². The van der Waals surface area contributed by atoms with Crippen molar-refractivity contribution in [2.24, 2.45) is 0 Å². The standard InChI is InChI=1S/C19H12N2O3/c22-18-14-7-1-2-8-15(14)19(23)21(18)16-9-3-4-10-17(16)24-13-6-5-11-20-12-13/h1-12H. The molecule has 0 fully saturated rings. The zero-order chi connectivity index (χ0) is 16.5. The number of nitrogens with zero attached hydrogens (tertiary/aromatic N) is 2. The summed E-state index contributed by atoms with van der Waals surface area (Å²) < 4.78 is 5.81. The predicted molar refractivity (Wildman–Crippen MR) is 88.3 cm³/mol. The second kappa shape index (κ2) is 5.62. The van der Waals surface area contributed by atoms with E-state index >= 15 is 0 Å². The number of rotatable bonds is 3. The number of pyridine rings is 1. The molecule has 0 aliphatic carbocycles. The Morgan fingerprint density at radius 3 is 2.12 bits per heavy atom. The second-order valence-corrected chi connectivity index (χ2v) is 5.25. The number of carbonyl (C=O) groups is 2. The van der Waals surface area contributed by atoms with Gasteiger partial charge in [-0.2, -0.15) is 0 Å². The summed E-state index contributed by atoms with van der Waals surface area (Å²) in [7, 11) is 0. The lowest BCUT2D eigenvalue weighted by Crippen LogP contribution is -2.29. The Hall–Kier alpha value is -3.47. The van der Waals surface area contributed by atoms with Crippen LogP contribution in [0.3, 0.4) is 0 Å². The lowest BCUT2D eigenvalue weighted by molar-refractivity contribution is 0.0925. The number of hydrogen-bond donors (Lipinski definition) is 0. The van der Waals surface area contributed by atoms with Crippen LogP contribution < -0.4 is 9.64 Å². The number of para-hydroxylation sites is 2. The molecule has 0 radical (unpaired) electrons. The first-order valence-corrected chi connectivity index (χ1v) is 7.40. The largest absolute Gasteiger partial charge is 0.454 e. The molecular weight excluding hydrogens is 304 g/mol. The van der Waals surface area contributed by atoms with Crippen molar-refractivity contribution in [1.29, 1.82) is 0 Å². The van der Waals surface area contributed by atoms with Crippen molar-refractivity contribution in [3.63, 3.8) is 0 Å². The molecule has 1 aliphatic heterocycles. The fraction of sp³-hybridized carbons (Fsp3) is 0. The van der Waals surface area contributed by atoms with Crippen LogP contribution in [0.1, 0.15) is 20.7 Å². The molecule has 2 aromatic carbocycles. The van der Waals surface area contributed by atoms with Crippen molar-refractivity contribution < 1.29 is 14.3 Å². The van der Waals surface area contributed by atoms with Crippen LogP contribution >= 0.6 is 0 Å². The summed E-state index contributed by atoms with van der Waals surface area (Å²) in [6.45, 7) is 0. The van der Waals surface area contributed by atoms with Crippen molar-refractivity contribution in [3.8, 4) is 11.5 Å². The highest BCUT2D eigenvalue weighted by molar-refractivity contribution is 6.34. The number of ether oxygens (including phenoxy) is 1. The van der Waals surface area contributed by atoms with E-state index in [1.807, 2.05) is 0 Å². The zero-order valence-electron chi connectivity index (χ0n) is 12.5. The summed E-state index contributed by atoms with van der Waals surface area (Å²) in [6.07, 6.45) is 3.21. The minimum Gasteiger partial charge on any atom is -0.454 e. The van der Waals surface area contributed by atoms with Gasteiger partial charge in [-0.25, -0.2) is 4.90 Å². The number of imide groups is 1. The van der Waals surface area contributed by atoms with Gasteiger partial charge in [0, 0.05) is 6.20 Å². The van der Waals surface area contributed by atoms with Gasteiger partial charge in [0.2, 0.25) is 0 Å². The Balaban J connectivity index is 1.76. The first kappa shape index (κ1) is 14.1. The minimum atomic E-state index is -0.349. The summed E-state index contributed by atoms with van der Waals surface area (Å²) in [5.41, 5.74) is 1.21. The molecule has 116 valence electrons. The summed E-state index contributed by atoms with van der Waals surface area (Å²) in [5, 5.41) is 0. The number of hydrogen-bond acceptors (Lipinski definition) is 4. The molecule has 5 nitrogen and oxygen atoms in total. The molecule has 2 heterocycles. The highest BCUT2D eigenvalue weighted by Gasteiger charge is 2.37. The molecule has 24 heavy (non-hydrogen) atoms. The number of benzene rings is 2. The lowest BCUT2D eigenvalue weighted by Gasteiger charge is -2.18. The van der Waals surface area contributed by atoms with E-state index in [1.165, 1.54) is 0 Å². The monoisotopic (exact) mass is 316 g/mol. The molecule has 1 aliphatic rings.